The van der Waals surface area contributed by atoms with Gasteiger partial charge in [0.25, 0.3) is 5.56 Å². The van der Waals surface area contributed by atoms with Gasteiger partial charge in [-0.2, -0.15) is 4.98 Å². The molecular formula is C23H18F3N5O4. The second-order valence-corrected chi connectivity index (χ2v) is 7.99. The van der Waals surface area contributed by atoms with Gasteiger partial charge in [0.15, 0.2) is 11.6 Å². The number of anilines is 1. The zero-order valence-corrected chi connectivity index (χ0v) is 18.3. The molecule has 0 spiro atoms. The first-order valence-corrected chi connectivity index (χ1v) is 10.5. The lowest BCUT2D eigenvalue weighted by molar-refractivity contribution is 0.198. The third-order valence-corrected chi connectivity index (χ3v) is 5.78. The van der Waals surface area contributed by atoms with E-state index in [2.05, 4.69) is 9.97 Å². The number of aromatic nitrogens is 4. The molecule has 0 amide bonds. The Morgan fingerprint density at radius 2 is 1.83 bits per heavy atom. The molecule has 1 aromatic carbocycles. The topological polar surface area (TPSA) is 102 Å². The minimum atomic E-state index is -1.21. The van der Waals surface area contributed by atoms with Crippen molar-refractivity contribution in [2.24, 2.45) is 0 Å². The van der Waals surface area contributed by atoms with E-state index in [1.807, 2.05) is 0 Å². The van der Waals surface area contributed by atoms with Gasteiger partial charge in [-0.3, -0.25) is 14.3 Å². The number of pyridine rings is 2. The molecular weight excluding hydrogens is 467 g/mol. The molecule has 0 unspecified atom stereocenters. The molecule has 1 aliphatic heterocycles. The average molecular weight is 485 g/mol. The fourth-order valence-corrected chi connectivity index (χ4v) is 4.16. The van der Waals surface area contributed by atoms with Crippen LogP contribution in [0.15, 0.2) is 52.3 Å². The molecule has 180 valence electrons. The molecule has 12 heteroatoms. The summed E-state index contributed by atoms with van der Waals surface area (Å²) in [6.07, 6.45) is 1.93. The predicted molar refractivity (Wildman–Crippen MR) is 120 cm³/mol. The van der Waals surface area contributed by atoms with Gasteiger partial charge in [-0.25, -0.2) is 22.5 Å². The molecule has 0 saturated carbocycles. The smallest absolute Gasteiger partial charge is 0.340 e. The van der Waals surface area contributed by atoms with Crippen LogP contribution in [0.5, 0.6) is 5.88 Å². The minimum Gasteiger partial charge on any atom is -0.480 e. The summed E-state index contributed by atoms with van der Waals surface area (Å²) in [6, 6.07) is 5.20. The van der Waals surface area contributed by atoms with Crippen molar-refractivity contribution in [3.63, 3.8) is 0 Å². The summed E-state index contributed by atoms with van der Waals surface area (Å²) in [5, 5.41) is 9.79. The van der Waals surface area contributed by atoms with Crippen LogP contribution in [-0.2, 0) is 0 Å². The lowest BCUT2D eigenvalue weighted by Crippen LogP contribution is -2.39. The van der Waals surface area contributed by atoms with Crippen molar-refractivity contribution in [3.8, 4) is 17.3 Å². The summed E-state index contributed by atoms with van der Waals surface area (Å²) < 4.78 is 48.8. The third kappa shape index (κ3) is 3.81. The van der Waals surface area contributed by atoms with E-state index in [0.29, 0.717) is 23.4 Å². The van der Waals surface area contributed by atoms with Gasteiger partial charge in [-0.05, 0) is 18.6 Å². The van der Waals surface area contributed by atoms with Crippen LogP contribution in [0, 0.1) is 17.5 Å². The number of methoxy groups -OCH3 is 1. The van der Waals surface area contributed by atoms with Crippen LogP contribution >= 0.6 is 0 Å². The van der Waals surface area contributed by atoms with E-state index in [-0.39, 0.29) is 34.7 Å². The number of nitrogens with zero attached hydrogens (tertiary/aromatic N) is 5. The highest BCUT2D eigenvalue weighted by molar-refractivity contribution is 5.87. The quantitative estimate of drug-likeness (QED) is 0.471. The standard InChI is InChI=1S/C23H18F3N5O4/c1-35-21-20-18(8-19(28-21)29-5-4-15(32)11-29)30(13-2-3-16(25)17(26)7-13)23(34)31(22(20)33)14-6-12(24)9-27-10-14/h2-3,6-10,15,32H,4-5,11H2,1H3/t15-/m1/s1. The molecule has 1 fully saturated rings. The maximum absolute atomic E-state index is 14.2. The van der Waals surface area contributed by atoms with Crippen molar-refractivity contribution in [2.75, 3.05) is 25.1 Å². The van der Waals surface area contributed by atoms with Crippen LogP contribution in [0.25, 0.3) is 22.3 Å². The third-order valence-electron chi connectivity index (χ3n) is 5.78. The van der Waals surface area contributed by atoms with Crippen molar-refractivity contribution < 1.29 is 23.0 Å². The second kappa shape index (κ2) is 8.55. The summed E-state index contributed by atoms with van der Waals surface area (Å²) in [5.41, 5.74) is -2.09. The monoisotopic (exact) mass is 485 g/mol. The van der Waals surface area contributed by atoms with Crippen LogP contribution in [-0.4, -0.2) is 50.5 Å². The summed E-state index contributed by atoms with van der Waals surface area (Å²) in [4.78, 5) is 37.0. The van der Waals surface area contributed by atoms with Crippen LogP contribution < -0.4 is 20.9 Å². The maximum atomic E-state index is 14.2. The summed E-state index contributed by atoms with van der Waals surface area (Å²) >= 11 is 0. The number of aliphatic hydroxyl groups excluding tert-OH is 1. The second-order valence-electron chi connectivity index (χ2n) is 7.99. The number of hydrogen-bond acceptors (Lipinski definition) is 7. The minimum absolute atomic E-state index is 0.00913. The van der Waals surface area contributed by atoms with Crippen molar-refractivity contribution >= 4 is 16.7 Å². The first kappa shape index (κ1) is 22.6. The van der Waals surface area contributed by atoms with E-state index in [0.717, 1.165) is 35.2 Å². The molecule has 1 atom stereocenters. The Labute approximate surface area is 195 Å². The van der Waals surface area contributed by atoms with E-state index in [1.165, 1.54) is 19.2 Å². The lowest BCUT2D eigenvalue weighted by atomic mass is 10.2. The van der Waals surface area contributed by atoms with Crippen molar-refractivity contribution in [2.45, 2.75) is 12.5 Å². The molecule has 1 saturated heterocycles. The SMILES string of the molecule is COc1nc(N2CC[C@@H](O)C2)cc2c1c(=O)n(-c1cncc(F)c1)c(=O)n2-c1ccc(F)c(F)c1. The van der Waals surface area contributed by atoms with Crippen LogP contribution in [0.2, 0.25) is 0 Å². The van der Waals surface area contributed by atoms with Gasteiger partial charge in [-0.15, -0.1) is 0 Å². The van der Waals surface area contributed by atoms with E-state index in [9.17, 15) is 27.9 Å². The fraction of sp³-hybridized carbons (Fsp3) is 0.217. The molecule has 1 aliphatic rings. The molecule has 0 aliphatic carbocycles. The van der Waals surface area contributed by atoms with E-state index < -0.39 is 34.8 Å². The number of ether oxygens (including phenoxy) is 1. The number of benzene rings is 1. The Kier molecular flexibility index (Phi) is 5.52. The normalized spacial score (nSPS) is 15.7. The van der Waals surface area contributed by atoms with E-state index >= 15 is 0 Å². The van der Waals surface area contributed by atoms with Gasteiger partial charge in [0.1, 0.15) is 17.0 Å². The van der Waals surface area contributed by atoms with Crippen LogP contribution in [0.4, 0.5) is 19.0 Å². The first-order valence-electron chi connectivity index (χ1n) is 10.5. The first-order chi connectivity index (χ1) is 16.8. The number of aliphatic hydroxyl groups is 1. The van der Waals surface area contributed by atoms with Gasteiger partial charge in [0.05, 0.1) is 42.5 Å². The van der Waals surface area contributed by atoms with Gasteiger partial charge >= 0.3 is 5.69 Å². The Balaban J connectivity index is 1.92. The number of β-amino-alcohol motifs (C(OH)–C–C–N with tert-alkyl or cyclic N) is 1. The highest BCUT2D eigenvalue weighted by Crippen LogP contribution is 2.29. The number of rotatable bonds is 4. The molecule has 0 radical (unpaired) electrons. The van der Waals surface area contributed by atoms with Gasteiger partial charge in [-0.1, -0.05) is 0 Å². The summed E-state index contributed by atoms with van der Waals surface area (Å²) in [7, 11) is 1.28. The van der Waals surface area contributed by atoms with Gasteiger partial charge in [0, 0.05) is 31.3 Å². The molecule has 3 aromatic heterocycles. The molecule has 0 bridgehead atoms. The summed E-state index contributed by atoms with van der Waals surface area (Å²) in [5.74, 6) is -2.96. The number of hydrogen-bond donors (Lipinski definition) is 1. The number of halogens is 3. The fourth-order valence-electron chi connectivity index (χ4n) is 4.16. The molecule has 9 nitrogen and oxygen atoms in total. The largest absolute Gasteiger partial charge is 0.480 e. The van der Waals surface area contributed by atoms with Gasteiger partial charge < -0.3 is 14.7 Å². The van der Waals surface area contributed by atoms with Crippen LogP contribution in [0.1, 0.15) is 6.42 Å². The zero-order valence-electron chi connectivity index (χ0n) is 18.3. The van der Waals surface area contributed by atoms with Crippen molar-refractivity contribution in [1.82, 2.24) is 19.1 Å². The van der Waals surface area contributed by atoms with Crippen molar-refractivity contribution in [3.05, 3.63) is 81.0 Å². The van der Waals surface area contributed by atoms with E-state index in [4.69, 9.17) is 4.74 Å². The molecule has 1 N–H and O–H groups in total. The highest BCUT2D eigenvalue weighted by Gasteiger charge is 2.26. The highest BCUT2D eigenvalue weighted by atomic mass is 19.2. The molecule has 35 heavy (non-hydrogen) atoms. The van der Waals surface area contributed by atoms with Crippen molar-refractivity contribution in [1.29, 1.82) is 0 Å². The lowest BCUT2D eigenvalue weighted by Gasteiger charge is -2.20. The van der Waals surface area contributed by atoms with E-state index in [1.54, 1.807) is 4.90 Å². The predicted octanol–water partition coefficient (Wildman–Crippen LogP) is 1.93. The van der Waals surface area contributed by atoms with Gasteiger partial charge in [0.2, 0.25) is 5.88 Å². The maximum Gasteiger partial charge on any atom is 0.340 e. The molecule has 4 aromatic rings. The number of fused-ring (bicyclic) bond motifs is 1. The Hall–Kier alpha value is -4.19. The molecule has 4 heterocycles. The Bertz CT molecular complexity index is 1590. The average Bonchev–Trinajstić information content (AvgIpc) is 3.27. The molecule has 5 rings (SSSR count). The Morgan fingerprint density at radius 3 is 2.49 bits per heavy atom. The Morgan fingerprint density at radius 1 is 1.03 bits per heavy atom. The summed E-state index contributed by atoms with van der Waals surface area (Å²) in [6.45, 7) is 0.730. The zero-order chi connectivity index (χ0) is 24.9. The van der Waals surface area contributed by atoms with Crippen LogP contribution in [0.3, 0.4) is 0 Å².